The maximum Gasteiger partial charge on any atom is 0.0676 e. The maximum absolute atomic E-state index is 9.01. The summed E-state index contributed by atoms with van der Waals surface area (Å²) in [5, 5.41) is 13.0. The van der Waals surface area contributed by atoms with Crippen molar-refractivity contribution < 1.29 is 0 Å². The van der Waals surface area contributed by atoms with E-state index in [1.54, 1.807) is 0 Å². The van der Waals surface area contributed by atoms with Crippen LogP contribution in [-0.2, 0) is 0 Å². The molecule has 1 aromatic rings. The Morgan fingerprint density at radius 1 is 1.47 bits per heavy atom. The van der Waals surface area contributed by atoms with Gasteiger partial charge < -0.3 is 5.32 Å². The van der Waals surface area contributed by atoms with Crippen LogP contribution in [0.3, 0.4) is 0 Å². The number of hydrogen-bond acceptors (Lipinski definition) is 2. The average Bonchev–Trinajstić information content (AvgIpc) is 2.65. The van der Waals surface area contributed by atoms with Gasteiger partial charge in [0.1, 0.15) is 0 Å². The molecule has 1 fully saturated rings. The number of nitrogens with zero attached hydrogens (tertiary/aromatic N) is 1. The van der Waals surface area contributed by atoms with E-state index >= 15 is 0 Å². The fraction of sp³-hybridized carbons (Fsp3) is 0.417. The van der Waals surface area contributed by atoms with Crippen LogP contribution in [0.1, 0.15) is 17.0 Å². The van der Waals surface area contributed by atoms with Crippen molar-refractivity contribution in [2.75, 3.05) is 13.1 Å². The predicted molar refractivity (Wildman–Crippen MR) is 60.9 cm³/mol. The second kappa shape index (κ2) is 4.22. The lowest BCUT2D eigenvalue weighted by molar-refractivity contribution is 0.646. The van der Waals surface area contributed by atoms with E-state index in [0.29, 0.717) is 0 Å². The van der Waals surface area contributed by atoms with Gasteiger partial charge in [0.15, 0.2) is 0 Å². The molecule has 0 unspecified atom stereocenters. The number of halogens is 1. The predicted octanol–water partition coefficient (Wildman–Crippen LogP) is 2.48. The molecule has 1 heterocycles. The number of hydrogen-bond donors (Lipinski definition) is 1. The van der Waals surface area contributed by atoms with Crippen LogP contribution in [0, 0.1) is 24.2 Å². The van der Waals surface area contributed by atoms with Crippen LogP contribution in [0.2, 0.25) is 5.02 Å². The molecule has 0 amide bonds. The zero-order valence-corrected chi connectivity index (χ0v) is 9.38. The molecule has 0 aromatic heterocycles. The quantitative estimate of drug-likeness (QED) is 0.789. The van der Waals surface area contributed by atoms with Crippen molar-refractivity contribution in [3.63, 3.8) is 0 Å². The molecule has 0 radical (unpaired) electrons. The Morgan fingerprint density at radius 2 is 2.27 bits per heavy atom. The van der Waals surface area contributed by atoms with Gasteiger partial charge in [0.05, 0.1) is 12.0 Å². The van der Waals surface area contributed by atoms with Gasteiger partial charge in [-0.2, -0.15) is 5.26 Å². The first-order valence-electron chi connectivity index (χ1n) is 5.08. The summed E-state index contributed by atoms with van der Waals surface area (Å²) in [6.45, 7) is 3.64. The average molecular weight is 221 g/mol. The van der Waals surface area contributed by atoms with Crippen LogP contribution in [0.25, 0.3) is 0 Å². The zero-order valence-electron chi connectivity index (χ0n) is 8.63. The van der Waals surface area contributed by atoms with Crippen LogP contribution in [0.5, 0.6) is 0 Å². The molecule has 2 nitrogen and oxygen atoms in total. The number of rotatable bonds is 1. The lowest BCUT2D eigenvalue weighted by Crippen LogP contribution is -2.09. The summed E-state index contributed by atoms with van der Waals surface area (Å²) in [5.41, 5.74) is 2.25. The molecule has 1 aliphatic rings. The molecule has 1 aromatic carbocycles. The smallest absolute Gasteiger partial charge is 0.0676 e. The molecular weight excluding hydrogens is 208 g/mol. The Kier molecular flexibility index (Phi) is 2.95. The van der Waals surface area contributed by atoms with Gasteiger partial charge in [0.2, 0.25) is 0 Å². The van der Waals surface area contributed by atoms with E-state index in [2.05, 4.69) is 11.4 Å². The standard InChI is InChI=1S/C12H13ClN2/c1-8-2-3-10(12(13)4-8)11-7-15-6-9(11)5-14/h2-4,9,11,15H,6-7H2,1H3/t9-,11+/m0/s1. The molecule has 0 spiro atoms. The highest BCUT2D eigenvalue weighted by Gasteiger charge is 2.29. The van der Waals surface area contributed by atoms with Gasteiger partial charge in [-0.25, -0.2) is 0 Å². The second-order valence-corrected chi connectivity index (χ2v) is 4.43. The molecule has 0 bridgehead atoms. The number of nitriles is 1. The Balaban J connectivity index is 2.33. The third-order valence-electron chi connectivity index (χ3n) is 2.94. The minimum atomic E-state index is 0.0465. The molecule has 1 aliphatic heterocycles. The van der Waals surface area contributed by atoms with E-state index in [9.17, 15) is 0 Å². The largest absolute Gasteiger partial charge is 0.315 e. The van der Waals surface area contributed by atoms with Crippen molar-refractivity contribution in [3.05, 3.63) is 34.3 Å². The third kappa shape index (κ3) is 1.99. The topological polar surface area (TPSA) is 35.8 Å². The molecule has 1 saturated heterocycles. The summed E-state index contributed by atoms with van der Waals surface area (Å²) >= 11 is 6.19. The Labute approximate surface area is 94.9 Å². The number of nitrogens with one attached hydrogen (secondary N) is 1. The molecule has 78 valence electrons. The molecule has 3 heteroatoms. The Hall–Kier alpha value is -1.04. The highest BCUT2D eigenvalue weighted by Crippen LogP contribution is 2.32. The minimum absolute atomic E-state index is 0.0465. The monoisotopic (exact) mass is 220 g/mol. The minimum Gasteiger partial charge on any atom is -0.315 e. The molecule has 0 saturated carbocycles. The number of aryl methyl sites for hydroxylation is 1. The molecule has 1 N–H and O–H groups in total. The summed E-state index contributed by atoms with van der Waals surface area (Å²) < 4.78 is 0. The van der Waals surface area contributed by atoms with E-state index in [1.165, 1.54) is 0 Å². The fourth-order valence-electron chi connectivity index (χ4n) is 2.07. The lowest BCUT2D eigenvalue weighted by atomic mass is 9.89. The third-order valence-corrected chi connectivity index (χ3v) is 3.26. The van der Waals surface area contributed by atoms with Gasteiger partial charge >= 0.3 is 0 Å². The summed E-state index contributed by atoms with van der Waals surface area (Å²) in [7, 11) is 0. The Morgan fingerprint density at radius 3 is 2.93 bits per heavy atom. The van der Waals surface area contributed by atoms with Crippen molar-refractivity contribution >= 4 is 11.6 Å². The SMILES string of the molecule is Cc1ccc([C@@H]2CNC[C@@H]2C#N)c(Cl)c1. The van der Waals surface area contributed by atoms with Gasteiger partial charge in [-0.15, -0.1) is 0 Å². The molecule has 0 aliphatic carbocycles. The first kappa shape index (κ1) is 10.5. The highest BCUT2D eigenvalue weighted by molar-refractivity contribution is 6.31. The van der Waals surface area contributed by atoms with E-state index in [4.69, 9.17) is 16.9 Å². The second-order valence-electron chi connectivity index (χ2n) is 4.03. The lowest BCUT2D eigenvalue weighted by Gasteiger charge is -2.14. The molecule has 15 heavy (non-hydrogen) atoms. The van der Waals surface area contributed by atoms with E-state index in [-0.39, 0.29) is 11.8 Å². The van der Waals surface area contributed by atoms with E-state index in [1.807, 2.05) is 25.1 Å². The van der Waals surface area contributed by atoms with Crippen molar-refractivity contribution in [1.29, 1.82) is 5.26 Å². The van der Waals surface area contributed by atoms with Crippen molar-refractivity contribution in [2.45, 2.75) is 12.8 Å². The highest BCUT2D eigenvalue weighted by atomic mass is 35.5. The van der Waals surface area contributed by atoms with Gasteiger partial charge in [0, 0.05) is 24.0 Å². The first-order valence-corrected chi connectivity index (χ1v) is 5.46. The first-order chi connectivity index (χ1) is 7.22. The van der Waals surface area contributed by atoms with Crippen molar-refractivity contribution in [1.82, 2.24) is 5.32 Å². The fourth-order valence-corrected chi connectivity index (χ4v) is 2.45. The summed E-state index contributed by atoms with van der Waals surface area (Å²) in [6.07, 6.45) is 0. The van der Waals surface area contributed by atoms with Gasteiger partial charge in [0.25, 0.3) is 0 Å². The molecule has 2 atom stereocenters. The van der Waals surface area contributed by atoms with Gasteiger partial charge in [-0.1, -0.05) is 23.7 Å². The van der Waals surface area contributed by atoms with Crippen LogP contribution in [0.15, 0.2) is 18.2 Å². The van der Waals surface area contributed by atoms with Crippen LogP contribution < -0.4 is 5.32 Å². The molecule has 2 rings (SSSR count). The number of benzene rings is 1. The van der Waals surface area contributed by atoms with Crippen molar-refractivity contribution in [2.24, 2.45) is 5.92 Å². The van der Waals surface area contributed by atoms with Crippen molar-refractivity contribution in [3.8, 4) is 6.07 Å². The normalized spacial score (nSPS) is 25.1. The summed E-state index contributed by atoms with van der Waals surface area (Å²) in [4.78, 5) is 0. The van der Waals surface area contributed by atoms with Crippen LogP contribution in [0.4, 0.5) is 0 Å². The van der Waals surface area contributed by atoms with Crippen LogP contribution >= 0.6 is 11.6 Å². The van der Waals surface area contributed by atoms with Gasteiger partial charge in [-0.05, 0) is 24.1 Å². The molecular formula is C12H13ClN2. The Bertz CT molecular complexity index is 409. The van der Waals surface area contributed by atoms with Crippen LogP contribution in [-0.4, -0.2) is 13.1 Å². The zero-order chi connectivity index (χ0) is 10.8. The summed E-state index contributed by atoms with van der Waals surface area (Å²) in [5.74, 6) is 0.285. The maximum atomic E-state index is 9.01. The van der Waals surface area contributed by atoms with Gasteiger partial charge in [-0.3, -0.25) is 0 Å². The summed E-state index contributed by atoms with van der Waals surface area (Å²) in [6, 6.07) is 8.39. The van der Waals surface area contributed by atoms with E-state index < -0.39 is 0 Å². The van der Waals surface area contributed by atoms with E-state index in [0.717, 1.165) is 29.2 Å².